The van der Waals surface area contributed by atoms with Gasteiger partial charge in [0.2, 0.25) is 11.8 Å². The molecule has 4 rings (SSSR count). The Morgan fingerprint density at radius 2 is 1.74 bits per heavy atom. The lowest BCUT2D eigenvalue weighted by Gasteiger charge is -2.52. The molecule has 1 fully saturated rings. The summed E-state index contributed by atoms with van der Waals surface area (Å²) in [5, 5.41) is 0. The molecule has 0 spiro atoms. The highest BCUT2D eigenvalue weighted by Crippen LogP contribution is 2.41. The predicted octanol–water partition coefficient (Wildman–Crippen LogP) is 4.29. The van der Waals surface area contributed by atoms with E-state index in [2.05, 4.69) is 36.2 Å². The van der Waals surface area contributed by atoms with Gasteiger partial charge < -0.3 is 19.9 Å². The molecule has 7 heteroatoms. The molecule has 202 valence electrons. The number of primary amides is 1. The number of hydrogen-bond donors (Lipinski definition) is 1. The van der Waals surface area contributed by atoms with Gasteiger partial charge in [0.1, 0.15) is 5.75 Å². The number of benzene rings is 2. The van der Waals surface area contributed by atoms with Crippen LogP contribution in [-0.4, -0.2) is 46.5 Å². The molecular weight excluding hydrogens is 476 g/mol. The number of aryl methyl sites for hydroxylation is 1. The fourth-order valence-corrected chi connectivity index (χ4v) is 5.73. The molecule has 2 heterocycles. The van der Waals surface area contributed by atoms with Crippen molar-refractivity contribution in [1.29, 1.82) is 0 Å². The van der Waals surface area contributed by atoms with Crippen LogP contribution in [0, 0.1) is 11.8 Å². The second-order valence-electron chi connectivity index (χ2n) is 10.7. The quantitative estimate of drug-likeness (QED) is 0.343. The Labute approximate surface area is 226 Å². The van der Waals surface area contributed by atoms with E-state index in [1.165, 1.54) is 12.0 Å². The molecule has 0 aliphatic carbocycles. The first kappa shape index (κ1) is 27.4. The Morgan fingerprint density at radius 1 is 1.03 bits per heavy atom. The van der Waals surface area contributed by atoms with Crippen LogP contribution < -0.4 is 10.5 Å². The van der Waals surface area contributed by atoms with E-state index in [0.29, 0.717) is 25.9 Å². The highest BCUT2D eigenvalue weighted by atomic mass is 16.5. The molecule has 0 saturated carbocycles. The summed E-state index contributed by atoms with van der Waals surface area (Å²) in [5.41, 5.74) is 9.06. The number of aromatic nitrogens is 2. The van der Waals surface area contributed by atoms with Crippen LogP contribution in [0.5, 0.6) is 5.75 Å². The molecule has 1 aromatic heterocycles. The van der Waals surface area contributed by atoms with E-state index >= 15 is 0 Å². The SMILES string of the molecule is CCCCCC1(c2ccccc2)CN(C(=O)[C@H](Cc2ccc(OC)cc2)C(Cc2cncn2C)C(N)=O)C1. The molecule has 7 nitrogen and oxygen atoms in total. The van der Waals surface area contributed by atoms with Crippen molar-refractivity contribution < 1.29 is 14.3 Å². The summed E-state index contributed by atoms with van der Waals surface area (Å²) in [6, 6.07) is 18.2. The summed E-state index contributed by atoms with van der Waals surface area (Å²) < 4.78 is 7.18. The largest absolute Gasteiger partial charge is 0.497 e. The molecule has 1 saturated heterocycles. The summed E-state index contributed by atoms with van der Waals surface area (Å²) in [7, 11) is 3.52. The third kappa shape index (κ3) is 6.09. The van der Waals surface area contributed by atoms with Crippen molar-refractivity contribution in [3.05, 3.63) is 83.9 Å². The first-order chi connectivity index (χ1) is 18.4. The lowest BCUT2D eigenvalue weighted by molar-refractivity contribution is -0.148. The second kappa shape index (κ2) is 12.3. The van der Waals surface area contributed by atoms with Crippen LogP contribution in [0.15, 0.2) is 67.1 Å². The number of ether oxygens (including phenoxy) is 1. The van der Waals surface area contributed by atoms with Gasteiger partial charge in [-0.15, -0.1) is 0 Å². The van der Waals surface area contributed by atoms with Crippen molar-refractivity contribution in [2.45, 2.75) is 50.9 Å². The van der Waals surface area contributed by atoms with Crippen molar-refractivity contribution in [3.8, 4) is 5.75 Å². The first-order valence-electron chi connectivity index (χ1n) is 13.6. The highest BCUT2D eigenvalue weighted by Gasteiger charge is 2.48. The van der Waals surface area contributed by atoms with Crippen LogP contribution in [0.3, 0.4) is 0 Å². The third-order valence-electron chi connectivity index (χ3n) is 8.07. The van der Waals surface area contributed by atoms with Gasteiger partial charge >= 0.3 is 0 Å². The summed E-state index contributed by atoms with van der Waals surface area (Å²) in [6.45, 7) is 3.54. The average molecular weight is 517 g/mol. The van der Waals surface area contributed by atoms with Gasteiger partial charge in [-0.05, 0) is 36.1 Å². The maximum atomic E-state index is 14.1. The predicted molar refractivity (Wildman–Crippen MR) is 149 cm³/mol. The zero-order chi connectivity index (χ0) is 27.1. The summed E-state index contributed by atoms with van der Waals surface area (Å²) in [4.78, 5) is 33.1. The number of imidazole rings is 1. The Balaban J connectivity index is 1.60. The number of likely N-dealkylation sites (tertiary alicyclic amines) is 1. The van der Waals surface area contributed by atoms with Crippen molar-refractivity contribution in [2.75, 3.05) is 20.2 Å². The van der Waals surface area contributed by atoms with Gasteiger partial charge in [0.25, 0.3) is 0 Å². The number of amides is 2. The second-order valence-corrected chi connectivity index (χ2v) is 10.7. The van der Waals surface area contributed by atoms with Gasteiger partial charge in [-0.25, -0.2) is 4.98 Å². The van der Waals surface area contributed by atoms with Gasteiger partial charge in [0, 0.05) is 43.9 Å². The van der Waals surface area contributed by atoms with E-state index in [1.807, 2.05) is 46.8 Å². The zero-order valence-corrected chi connectivity index (χ0v) is 22.8. The lowest BCUT2D eigenvalue weighted by Crippen LogP contribution is -2.63. The number of unbranched alkanes of at least 4 members (excludes halogenated alkanes) is 2. The molecule has 1 aliphatic heterocycles. The van der Waals surface area contributed by atoms with E-state index in [-0.39, 0.29) is 11.3 Å². The smallest absolute Gasteiger partial charge is 0.226 e. The minimum Gasteiger partial charge on any atom is -0.497 e. The Bertz CT molecular complexity index is 1200. The fourth-order valence-electron chi connectivity index (χ4n) is 5.73. The molecule has 2 amide bonds. The maximum absolute atomic E-state index is 14.1. The monoisotopic (exact) mass is 516 g/mol. The Morgan fingerprint density at radius 3 is 2.32 bits per heavy atom. The summed E-state index contributed by atoms with van der Waals surface area (Å²) in [5.74, 6) is -0.933. The third-order valence-corrected chi connectivity index (χ3v) is 8.07. The first-order valence-corrected chi connectivity index (χ1v) is 13.6. The fraction of sp³-hybridized carbons (Fsp3) is 0.452. The summed E-state index contributed by atoms with van der Waals surface area (Å²) >= 11 is 0. The number of nitrogens with zero attached hydrogens (tertiary/aromatic N) is 3. The Kier molecular flexibility index (Phi) is 8.87. The number of rotatable bonds is 13. The minimum absolute atomic E-state index is 0.00571. The lowest BCUT2D eigenvalue weighted by atomic mass is 9.69. The number of carbonyl (C=O) groups is 2. The number of hydrogen-bond acceptors (Lipinski definition) is 4. The van der Waals surface area contributed by atoms with Crippen LogP contribution in [0.1, 0.15) is 49.4 Å². The minimum atomic E-state index is -0.646. The van der Waals surface area contributed by atoms with E-state index in [4.69, 9.17) is 10.5 Å². The molecule has 3 aromatic rings. The molecule has 1 aliphatic rings. The molecule has 1 unspecified atom stereocenters. The number of methoxy groups -OCH3 is 1. The molecule has 2 atom stereocenters. The number of nitrogens with two attached hydrogens (primary N) is 1. The normalized spacial score (nSPS) is 15.9. The van der Waals surface area contributed by atoms with Crippen molar-refractivity contribution in [1.82, 2.24) is 14.5 Å². The molecule has 0 bridgehead atoms. The average Bonchev–Trinajstić information content (AvgIpc) is 3.32. The zero-order valence-electron chi connectivity index (χ0n) is 22.8. The Hall–Kier alpha value is -3.61. The van der Waals surface area contributed by atoms with Gasteiger partial charge in [-0.2, -0.15) is 0 Å². The van der Waals surface area contributed by atoms with E-state index < -0.39 is 17.7 Å². The van der Waals surface area contributed by atoms with E-state index in [0.717, 1.165) is 36.3 Å². The van der Waals surface area contributed by atoms with Crippen molar-refractivity contribution >= 4 is 11.8 Å². The van der Waals surface area contributed by atoms with Crippen LogP contribution in [0.4, 0.5) is 0 Å². The van der Waals surface area contributed by atoms with Gasteiger partial charge in [-0.3, -0.25) is 9.59 Å². The van der Waals surface area contributed by atoms with Crippen molar-refractivity contribution in [3.63, 3.8) is 0 Å². The van der Waals surface area contributed by atoms with Gasteiger partial charge in [0.05, 0.1) is 25.3 Å². The summed E-state index contributed by atoms with van der Waals surface area (Å²) in [6.07, 6.45) is 8.75. The standard InChI is InChI=1S/C31H40N4O3/c1-4-5-9-16-31(24-10-7-6-8-11-24)20-35(21-31)30(37)28(17-23-12-14-26(38-3)15-13-23)27(29(32)36)18-25-19-33-22-34(25)2/h6-8,10-15,19,22,27-28H,4-5,9,16-18,20-21H2,1-3H3,(H2,32,36)/t27?,28-/m1/s1. The van der Waals surface area contributed by atoms with Crippen LogP contribution in [0.25, 0.3) is 0 Å². The highest BCUT2D eigenvalue weighted by molar-refractivity contribution is 5.88. The van der Waals surface area contributed by atoms with E-state index in [1.54, 1.807) is 19.6 Å². The van der Waals surface area contributed by atoms with Crippen molar-refractivity contribution in [2.24, 2.45) is 24.6 Å². The van der Waals surface area contributed by atoms with Crippen LogP contribution in [-0.2, 0) is 34.9 Å². The van der Waals surface area contributed by atoms with Gasteiger partial charge in [-0.1, -0.05) is 68.7 Å². The molecule has 38 heavy (non-hydrogen) atoms. The maximum Gasteiger partial charge on any atom is 0.226 e. The molecular formula is C31H40N4O3. The van der Waals surface area contributed by atoms with Crippen LogP contribution >= 0.6 is 0 Å². The number of carbonyl (C=O) groups excluding carboxylic acids is 2. The van der Waals surface area contributed by atoms with Crippen LogP contribution in [0.2, 0.25) is 0 Å². The van der Waals surface area contributed by atoms with Gasteiger partial charge in [0.15, 0.2) is 0 Å². The molecule has 2 N–H and O–H groups in total. The molecule has 0 radical (unpaired) electrons. The molecule has 2 aromatic carbocycles. The van der Waals surface area contributed by atoms with E-state index in [9.17, 15) is 9.59 Å². The topological polar surface area (TPSA) is 90.5 Å².